The molecular formula is C21H23F3N2O2. The first-order valence-corrected chi connectivity index (χ1v) is 9.22. The molecule has 1 fully saturated rings. The number of hydrogen-bond acceptors (Lipinski definition) is 4. The van der Waals surface area contributed by atoms with Crippen LogP contribution in [0.25, 0.3) is 0 Å². The normalized spacial score (nSPS) is 16.1. The van der Waals surface area contributed by atoms with Crippen LogP contribution < -0.4 is 4.74 Å². The lowest BCUT2D eigenvalue weighted by Gasteiger charge is -2.34. The number of hydrogen-bond donors (Lipinski definition) is 0. The van der Waals surface area contributed by atoms with E-state index in [0.717, 1.165) is 32.7 Å². The van der Waals surface area contributed by atoms with Crippen LogP contribution in [-0.4, -0.2) is 54.7 Å². The van der Waals surface area contributed by atoms with Crippen molar-refractivity contribution in [2.24, 2.45) is 0 Å². The fourth-order valence-electron chi connectivity index (χ4n) is 3.29. The molecule has 1 aliphatic heterocycles. The summed E-state index contributed by atoms with van der Waals surface area (Å²) in [6.45, 7) is 4.75. The van der Waals surface area contributed by atoms with Gasteiger partial charge in [-0.15, -0.1) is 13.2 Å². The second-order valence-electron chi connectivity index (χ2n) is 6.95. The van der Waals surface area contributed by atoms with E-state index in [0.29, 0.717) is 12.1 Å². The van der Waals surface area contributed by atoms with Crippen molar-refractivity contribution in [3.63, 3.8) is 0 Å². The molecule has 0 unspecified atom stereocenters. The number of benzene rings is 2. The Morgan fingerprint density at radius 3 is 2.07 bits per heavy atom. The number of piperazine rings is 1. The second-order valence-corrected chi connectivity index (χ2v) is 6.95. The Bertz CT molecular complexity index is 755. The van der Waals surface area contributed by atoms with Crippen molar-refractivity contribution >= 4 is 5.78 Å². The van der Waals surface area contributed by atoms with Crippen molar-refractivity contribution in [3.8, 4) is 5.75 Å². The Hall–Kier alpha value is -2.38. The molecule has 0 spiro atoms. The Balaban J connectivity index is 1.41. The predicted molar refractivity (Wildman–Crippen MR) is 100.0 cm³/mol. The average molecular weight is 392 g/mol. The lowest BCUT2D eigenvalue weighted by Crippen LogP contribution is -2.47. The molecule has 1 aliphatic rings. The Labute approximate surface area is 162 Å². The Morgan fingerprint density at radius 1 is 0.857 bits per heavy atom. The van der Waals surface area contributed by atoms with E-state index < -0.39 is 6.36 Å². The van der Waals surface area contributed by atoms with Gasteiger partial charge in [0.15, 0.2) is 5.78 Å². The fourth-order valence-corrected chi connectivity index (χ4v) is 3.29. The third kappa shape index (κ3) is 6.65. The van der Waals surface area contributed by atoms with Crippen molar-refractivity contribution in [1.82, 2.24) is 9.80 Å². The summed E-state index contributed by atoms with van der Waals surface area (Å²) in [6, 6.07) is 15.8. The molecule has 28 heavy (non-hydrogen) atoms. The third-order valence-corrected chi connectivity index (χ3v) is 4.67. The molecule has 0 saturated carbocycles. The Kier molecular flexibility index (Phi) is 6.70. The minimum Gasteiger partial charge on any atom is -0.406 e. The monoisotopic (exact) mass is 392 g/mol. The van der Waals surface area contributed by atoms with Gasteiger partial charge in [-0.3, -0.25) is 14.6 Å². The van der Waals surface area contributed by atoms with Gasteiger partial charge in [-0.25, -0.2) is 0 Å². The summed E-state index contributed by atoms with van der Waals surface area (Å²) in [5, 5.41) is 0. The van der Waals surface area contributed by atoms with Gasteiger partial charge < -0.3 is 4.74 Å². The molecule has 2 aromatic carbocycles. The highest BCUT2D eigenvalue weighted by atomic mass is 19.4. The number of halogens is 3. The number of rotatable bonds is 7. The van der Waals surface area contributed by atoms with Crippen LogP contribution >= 0.6 is 0 Å². The lowest BCUT2D eigenvalue weighted by atomic mass is 10.1. The maximum atomic E-state index is 12.3. The number of carbonyl (C=O) groups excluding carboxylic acids is 1. The van der Waals surface area contributed by atoms with Crippen LogP contribution in [0.2, 0.25) is 0 Å². The van der Waals surface area contributed by atoms with Crippen LogP contribution in [0, 0.1) is 0 Å². The molecule has 7 heteroatoms. The van der Waals surface area contributed by atoms with Crippen molar-refractivity contribution < 1.29 is 22.7 Å². The number of Topliss-reactive ketones (excluding diaryl/α,β-unsaturated/α-hetero) is 1. The SMILES string of the molecule is O=C(Cc1ccc(OC(F)(F)F)cc1)CN1CCN(Cc2ccccc2)CC1. The van der Waals surface area contributed by atoms with E-state index in [1.807, 2.05) is 18.2 Å². The van der Waals surface area contributed by atoms with E-state index in [9.17, 15) is 18.0 Å². The van der Waals surface area contributed by atoms with Gasteiger partial charge in [0.2, 0.25) is 0 Å². The summed E-state index contributed by atoms with van der Waals surface area (Å²) in [5.74, 6) is -0.223. The average Bonchev–Trinajstić information content (AvgIpc) is 2.65. The molecule has 0 N–H and O–H groups in total. The molecule has 0 bridgehead atoms. The van der Waals surface area contributed by atoms with Gasteiger partial charge >= 0.3 is 6.36 Å². The van der Waals surface area contributed by atoms with Crippen molar-refractivity contribution in [2.75, 3.05) is 32.7 Å². The zero-order valence-electron chi connectivity index (χ0n) is 15.5. The molecule has 0 atom stereocenters. The minimum absolute atomic E-state index is 0.0565. The quantitative estimate of drug-likeness (QED) is 0.722. The van der Waals surface area contributed by atoms with E-state index in [2.05, 4.69) is 26.7 Å². The molecule has 0 aromatic heterocycles. The van der Waals surface area contributed by atoms with Gasteiger partial charge in [0.05, 0.1) is 6.54 Å². The maximum absolute atomic E-state index is 12.3. The van der Waals surface area contributed by atoms with Crippen LogP contribution in [0.15, 0.2) is 54.6 Å². The standard InChI is InChI=1S/C21H23F3N2O2/c22-21(23,24)28-20-8-6-17(7-9-20)14-19(27)16-26-12-10-25(11-13-26)15-18-4-2-1-3-5-18/h1-9H,10-16H2. The van der Waals surface area contributed by atoms with E-state index >= 15 is 0 Å². The zero-order valence-corrected chi connectivity index (χ0v) is 15.5. The summed E-state index contributed by atoms with van der Waals surface area (Å²) in [4.78, 5) is 16.8. The minimum atomic E-state index is -4.71. The second kappa shape index (κ2) is 9.21. The van der Waals surface area contributed by atoms with Crippen LogP contribution in [0.5, 0.6) is 5.75 Å². The first-order chi connectivity index (χ1) is 13.4. The number of alkyl halides is 3. The largest absolute Gasteiger partial charge is 0.573 e. The van der Waals surface area contributed by atoms with Crippen LogP contribution in [0.4, 0.5) is 13.2 Å². The fraction of sp³-hybridized carbons (Fsp3) is 0.381. The van der Waals surface area contributed by atoms with E-state index in [1.54, 1.807) is 0 Å². The third-order valence-electron chi connectivity index (χ3n) is 4.67. The topological polar surface area (TPSA) is 32.8 Å². The highest BCUT2D eigenvalue weighted by molar-refractivity contribution is 5.82. The molecule has 0 radical (unpaired) electrons. The van der Waals surface area contributed by atoms with Crippen LogP contribution in [0.1, 0.15) is 11.1 Å². The number of ether oxygens (including phenoxy) is 1. The summed E-state index contributed by atoms with van der Waals surface area (Å²) >= 11 is 0. The molecule has 0 amide bonds. The number of ketones is 1. The van der Waals surface area contributed by atoms with E-state index in [4.69, 9.17) is 0 Å². The molecule has 0 aliphatic carbocycles. The molecule has 2 aromatic rings. The summed E-state index contributed by atoms with van der Waals surface area (Å²) in [7, 11) is 0. The molecule has 1 saturated heterocycles. The van der Waals surface area contributed by atoms with Gasteiger partial charge in [0.25, 0.3) is 0 Å². The Morgan fingerprint density at radius 2 is 1.46 bits per heavy atom. The zero-order chi connectivity index (χ0) is 20.0. The van der Waals surface area contributed by atoms with Gasteiger partial charge in [-0.1, -0.05) is 42.5 Å². The summed E-state index contributed by atoms with van der Waals surface area (Å²) < 4.78 is 40.4. The van der Waals surface area contributed by atoms with Gasteiger partial charge in [0, 0.05) is 39.1 Å². The van der Waals surface area contributed by atoms with Gasteiger partial charge in [-0.2, -0.15) is 0 Å². The van der Waals surface area contributed by atoms with Crippen molar-refractivity contribution in [2.45, 2.75) is 19.3 Å². The van der Waals surface area contributed by atoms with Crippen molar-refractivity contribution in [3.05, 3.63) is 65.7 Å². The summed E-state index contributed by atoms with van der Waals surface area (Å²) in [6.07, 6.45) is -4.50. The lowest BCUT2D eigenvalue weighted by molar-refractivity contribution is -0.274. The smallest absolute Gasteiger partial charge is 0.406 e. The number of nitrogens with zero attached hydrogens (tertiary/aromatic N) is 2. The first-order valence-electron chi connectivity index (χ1n) is 9.22. The maximum Gasteiger partial charge on any atom is 0.573 e. The molecule has 150 valence electrons. The van der Waals surface area contributed by atoms with E-state index in [1.165, 1.54) is 29.8 Å². The molecular weight excluding hydrogens is 369 g/mol. The molecule has 1 heterocycles. The van der Waals surface area contributed by atoms with Gasteiger partial charge in [-0.05, 0) is 23.3 Å². The predicted octanol–water partition coefficient (Wildman–Crippen LogP) is 3.51. The number of carbonyl (C=O) groups is 1. The highest BCUT2D eigenvalue weighted by Gasteiger charge is 2.31. The van der Waals surface area contributed by atoms with E-state index in [-0.39, 0.29) is 18.0 Å². The molecule has 4 nitrogen and oxygen atoms in total. The van der Waals surface area contributed by atoms with Crippen molar-refractivity contribution in [1.29, 1.82) is 0 Å². The van der Waals surface area contributed by atoms with Crippen LogP contribution in [-0.2, 0) is 17.8 Å². The highest BCUT2D eigenvalue weighted by Crippen LogP contribution is 2.22. The van der Waals surface area contributed by atoms with Gasteiger partial charge in [0.1, 0.15) is 5.75 Å². The van der Waals surface area contributed by atoms with Crippen LogP contribution in [0.3, 0.4) is 0 Å². The summed E-state index contributed by atoms with van der Waals surface area (Å²) in [5.41, 5.74) is 1.97. The first kappa shape index (κ1) is 20.4. The molecule has 3 rings (SSSR count).